The Kier molecular flexibility index (Phi) is 6.63. The zero-order valence-corrected chi connectivity index (χ0v) is 16.3. The lowest BCUT2D eigenvalue weighted by molar-refractivity contribution is 0.0600. The molecule has 0 bridgehead atoms. The lowest BCUT2D eigenvalue weighted by Crippen LogP contribution is -2.28. The van der Waals surface area contributed by atoms with E-state index in [9.17, 15) is 13.2 Å². The van der Waals surface area contributed by atoms with Gasteiger partial charge in [0.05, 0.1) is 22.6 Å². The fourth-order valence-electron chi connectivity index (χ4n) is 2.38. The number of ether oxygens (including phenoxy) is 2. The van der Waals surface area contributed by atoms with E-state index >= 15 is 0 Å². The summed E-state index contributed by atoms with van der Waals surface area (Å²) in [6, 6.07) is 9.62. The Morgan fingerprint density at radius 2 is 1.77 bits per heavy atom. The molecule has 0 spiro atoms. The Labute approximate surface area is 158 Å². The number of methoxy groups -OCH3 is 1. The molecular formula is C18H20ClNO5S. The normalized spacial score (nSPS) is 11.2. The van der Waals surface area contributed by atoms with Crippen LogP contribution in [-0.4, -0.2) is 34.6 Å². The Morgan fingerprint density at radius 1 is 1.12 bits per heavy atom. The SMILES string of the molecule is COC(=O)c1cc(S(=O)(=O)NCCOc2cc(C)cc(C)c2)ccc1Cl. The maximum Gasteiger partial charge on any atom is 0.339 e. The molecule has 1 N–H and O–H groups in total. The predicted octanol–water partition coefficient (Wildman–Crippen LogP) is 3.10. The van der Waals surface area contributed by atoms with Crippen LogP contribution >= 0.6 is 11.6 Å². The third-order valence-electron chi connectivity index (χ3n) is 3.51. The van der Waals surface area contributed by atoms with Crippen molar-refractivity contribution in [2.75, 3.05) is 20.3 Å². The standard InChI is InChI=1S/C18H20ClNO5S/c1-12-8-13(2)10-14(9-12)25-7-6-20-26(22,23)15-4-5-17(19)16(11-15)18(21)24-3/h4-5,8-11,20H,6-7H2,1-3H3. The molecule has 2 rings (SSSR count). The maximum atomic E-state index is 12.4. The van der Waals surface area contributed by atoms with Crippen LogP contribution in [-0.2, 0) is 14.8 Å². The van der Waals surface area contributed by atoms with Gasteiger partial charge in [-0.3, -0.25) is 0 Å². The Hall–Kier alpha value is -2.09. The van der Waals surface area contributed by atoms with E-state index in [1.807, 2.05) is 32.0 Å². The summed E-state index contributed by atoms with van der Waals surface area (Å²) >= 11 is 5.90. The molecule has 140 valence electrons. The van der Waals surface area contributed by atoms with Gasteiger partial charge in [-0.2, -0.15) is 0 Å². The Morgan fingerprint density at radius 3 is 2.38 bits per heavy atom. The number of sulfonamides is 1. The van der Waals surface area contributed by atoms with Crippen molar-refractivity contribution < 1.29 is 22.7 Å². The van der Waals surface area contributed by atoms with Gasteiger partial charge in [0.2, 0.25) is 10.0 Å². The van der Waals surface area contributed by atoms with Crippen molar-refractivity contribution in [1.29, 1.82) is 0 Å². The van der Waals surface area contributed by atoms with Gasteiger partial charge >= 0.3 is 5.97 Å². The van der Waals surface area contributed by atoms with Gasteiger partial charge in [0.1, 0.15) is 12.4 Å². The number of benzene rings is 2. The summed E-state index contributed by atoms with van der Waals surface area (Å²) in [6.07, 6.45) is 0. The van der Waals surface area contributed by atoms with Gasteiger partial charge in [0.15, 0.2) is 0 Å². The number of halogens is 1. The number of esters is 1. The summed E-state index contributed by atoms with van der Waals surface area (Å²) in [4.78, 5) is 11.6. The minimum Gasteiger partial charge on any atom is -0.492 e. The van der Waals surface area contributed by atoms with Gasteiger partial charge in [-0.15, -0.1) is 0 Å². The highest BCUT2D eigenvalue weighted by Gasteiger charge is 2.18. The van der Waals surface area contributed by atoms with E-state index in [1.165, 1.54) is 25.3 Å². The molecule has 2 aromatic carbocycles. The molecular weight excluding hydrogens is 378 g/mol. The molecule has 0 saturated carbocycles. The number of hydrogen-bond donors (Lipinski definition) is 1. The first-order chi connectivity index (χ1) is 12.2. The first-order valence-electron chi connectivity index (χ1n) is 7.81. The molecule has 0 aliphatic carbocycles. The summed E-state index contributed by atoms with van der Waals surface area (Å²) in [5.74, 6) is -0.0219. The van der Waals surface area contributed by atoms with Crippen LogP contribution in [0.5, 0.6) is 5.75 Å². The molecule has 0 fully saturated rings. The number of carbonyl (C=O) groups is 1. The zero-order chi connectivity index (χ0) is 19.3. The topological polar surface area (TPSA) is 81.7 Å². The summed E-state index contributed by atoms with van der Waals surface area (Å²) in [5.41, 5.74) is 2.12. The predicted molar refractivity (Wildman–Crippen MR) is 99.4 cm³/mol. The monoisotopic (exact) mass is 397 g/mol. The summed E-state index contributed by atoms with van der Waals surface area (Å²) in [6.45, 7) is 4.16. The highest BCUT2D eigenvalue weighted by atomic mass is 35.5. The average Bonchev–Trinajstić information content (AvgIpc) is 2.57. The molecule has 0 unspecified atom stereocenters. The van der Waals surface area contributed by atoms with E-state index in [2.05, 4.69) is 9.46 Å². The minimum absolute atomic E-state index is 0.0106. The second-order valence-corrected chi connectivity index (χ2v) is 7.88. The molecule has 0 atom stereocenters. The molecule has 0 aliphatic rings. The molecule has 26 heavy (non-hydrogen) atoms. The van der Waals surface area contributed by atoms with Crippen LogP contribution in [0.25, 0.3) is 0 Å². The van der Waals surface area contributed by atoms with Gasteiger partial charge < -0.3 is 9.47 Å². The van der Waals surface area contributed by atoms with Gasteiger partial charge in [-0.25, -0.2) is 17.9 Å². The van der Waals surface area contributed by atoms with Crippen molar-refractivity contribution in [3.8, 4) is 5.75 Å². The van der Waals surface area contributed by atoms with Crippen LogP contribution in [0.15, 0.2) is 41.3 Å². The van der Waals surface area contributed by atoms with Crippen molar-refractivity contribution in [3.05, 3.63) is 58.1 Å². The van der Waals surface area contributed by atoms with E-state index in [1.54, 1.807) is 0 Å². The van der Waals surface area contributed by atoms with Crippen LogP contribution < -0.4 is 9.46 Å². The smallest absolute Gasteiger partial charge is 0.339 e. The third-order valence-corrected chi connectivity index (χ3v) is 5.30. The largest absolute Gasteiger partial charge is 0.492 e. The quantitative estimate of drug-likeness (QED) is 0.573. The van der Waals surface area contributed by atoms with E-state index in [-0.39, 0.29) is 28.6 Å². The molecule has 0 aromatic heterocycles. The van der Waals surface area contributed by atoms with Crippen LogP contribution in [0.3, 0.4) is 0 Å². The molecule has 6 nitrogen and oxygen atoms in total. The highest BCUT2D eigenvalue weighted by molar-refractivity contribution is 7.89. The number of aryl methyl sites for hydroxylation is 2. The second-order valence-electron chi connectivity index (χ2n) is 5.70. The van der Waals surface area contributed by atoms with Crippen molar-refractivity contribution in [1.82, 2.24) is 4.72 Å². The molecule has 0 heterocycles. The van der Waals surface area contributed by atoms with Crippen LogP contribution in [0.4, 0.5) is 0 Å². The fraction of sp³-hybridized carbons (Fsp3) is 0.278. The summed E-state index contributed by atoms with van der Waals surface area (Å²) in [7, 11) is -2.61. The van der Waals surface area contributed by atoms with E-state index in [4.69, 9.17) is 16.3 Å². The summed E-state index contributed by atoms with van der Waals surface area (Å²) in [5, 5.41) is 0.119. The van der Waals surface area contributed by atoms with Gasteiger partial charge in [-0.05, 0) is 55.3 Å². The van der Waals surface area contributed by atoms with E-state index in [0.29, 0.717) is 5.75 Å². The molecule has 0 saturated heterocycles. The van der Waals surface area contributed by atoms with Crippen LogP contribution in [0.1, 0.15) is 21.5 Å². The number of nitrogens with one attached hydrogen (secondary N) is 1. The van der Waals surface area contributed by atoms with Crippen molar-refractivity contribution in [3.63, 3.8) is 0 Å². The number of hydrogen-bond acceptors (Lipinski definition) is 5. The van der Waals surface area contributed by atoms with Gasteiger partial charge in [-0.1, -0.05) is 17.7 Å². The van der Waals surface area contributed by atoms with Gasteiger partial charge in [0, 0.05) is 6.54 Å². The Balaban J connectivity index is 2.01. The first kappa shape index (κ1) is 20.2. The molecule has 2 aromatic rings. The maximum absolute atomic E-state index is 12.4. The molecule has 0 radical (unpaired) electrons. The van der Waals surface area contributed by atoms with Crippen molar-refractivity contribution in [2.45, 2.75) is 18.7 Å². The molecule has 0 aliphatic heterocycles. The van der Waals surface area contributed by atoms with E-state index < -0.39 is 16.0 Å². The second kappa shape index (κ2) is 8.53. The molecule has 8 heteroatoms. The Bertz CT molecular complexity index is 892. The first-order valence-corrected chi connectivity index (χ1v) is 9.67. The lowest BCUT2D eigenvalue weighted by atomic mass is 10.1. The lowest BCUT2D eigenvalue weighted by Gasteiger charge is -2.11. The number of carbonyl (C=O) groups excluding carboxylic acids is 1. The van der Waals surface area contributed by atoms with Crippen LogP contribution in [0, 0.1) is 13.8 Å². The van der Waals surface area contributed by atoms with Crippen molar-refractivity contribution >= 4 is 27.6 Å². The summed E-state index contributed by atoms with van der Waals surface area (Å²) < 4.78 is 37.3. The number of rotatable bonds is 7. The fourth-order valence-corrected chi connectivity index (χ4v) is 3.62. The zero-order valence-electron chi connectivity index (χ0n) is 14.7. The third kappa shape index (κ3) is 5.20. The van der Waals surface area contributed by atoms with Crippen LogP contribution in [0.2, 0.25) is 5.02 Å². The minimum atomic E-state index is -3.81. The van der Waals surface area contributed by atoms with E-state index in [0.717, 1.165) is 11.1 Å². The molecule has 0 amide bonds. The van der Waals surface area contributed by atoms with Gasteiger partial charge in [0.25, 0.3) is 0 Å². The van der Waals surface area contributed by atoms with Crippen molar-refractivity contribution in [2.24, 2.45) is 0 Å². The average molecular weight is 398 g/mol. The highest BCUT2D eigenvalue weighted by Crippen LogP contribution is 2.21.